The Morgan fingerprint density at radius 3 is 3.13 bits per heavy atom. The lowest BCUT2D eigenvalue weighted by Crippen LogP contribution is -2.38. The molecule has 0 saturated carbocycles. The molecule has 0 aliphatic carbocycles. The maximum atomic E-state index is 9.77. The number of anilines is 3. The van der Waals surface area contributed by atoms with Gasteiger partial charge in [-0.3, -0.25) is 0 Å². The van der Waals surface area contributed by atoms with Gasteiger partial charge >= 0.3 is 0 Å². The number of aliphatic hydroxyl groups excluding tert-OH is 1. The molecule has 1 aliphatic heterocycles. The fourth-order valence-corrected chi connectivity index (χ4v) is 3.23. The zero-order valence-corrected chi connectivity index (χ0v) is 13.7. The normalized spacial score (nSPS) is 18.1. The predicted octanol–water partition coefficient (Wildman–Crippen LogP) is 0.916. The summed E-state index contributed by atoms with van der Waals surface area (Å²) in [6.07, 6.45) is 5.07. The van der Waals surface area contributed by atoms with Crippen LogP contribution in [0.3, 0.4) is 0 Å². The van der Waals surface area contributed by atoms with E-state index in [9.17, 15) is 5.11 Å². The quantitative estimate of drug-likeness (QED) is 0.668. The molecule has 9 heteroatoms. The van der Waals surface area contributed by atoms with Crippen molar-refractivity contribution < 1.29 is 5.11 Å². The highest BCUT2D eigenvalue weighted by Gasteiger charge is 2.19. The summed E-state index contributed by atoms with van der Waals surface area (Å²) >= 11 is 1.42. The number of β-amino-alcohol motifs (C(OH)–C–C–N with tert-alkyl or cyclic N) is 1. The van der Waals surface area contributed by atoms with Crippen LogP contribution in [0.25, 0.3) is 0 Å². The molecule has 1 atom stereocenters. The van der Waals surface area contributed by atoms with Crippen LogP contribution in [0.5, 0.6) is 0 Å². The number of aryl methyl sites for hydroxylation is 1. The summed E-state index contributed by atoms with van der Waals surface area (Å²) < 4.78 is 0. The van der Waals surface area contributed by atoms with Crippen LogP contribution in [0.4, 0.5) is 16.9 Å². The van der Waals surface area contributed by atoms with Crippen molar-refractivity contribution in [2.75, 3.05) is 35.6 Å². The van der Waals surface area contributed by atoms with E-state index >= 15 is 0 Å². The number of nitrogens with two attached hydrogens (primary N) is 1. The van der Waals surface area contributed by atoms with Gasteiger partial charge in [0.05, 0.1) is 6.10 Å². The van der Waals surface area contributed by atoms with E-state index in [1.54, 1.807) is 6.20 Å². The molecule has 1 fully saturated rings. The van der Waals surface area contributed by atoms with Gasteiger partial charge in [-0.05, 0) is 25.3 Å². The Bertz CT molecular complexity index is 635. The number of hydrogen-bond acceptors (Lipinski definition) is 9. The van der Waals surface area contributed by atoms with Gasteiger partial charge in [-0.1, -0.05) is 11.3 Å². The van der Waals surface area contributed by atoms with E-state index in [0.29, 0.717) is 17.6 Å². The fraction of sp³-hybridized carbons (Fsp3) is 0.571. The number of aliphatic hydroxyl groups is 1. The zero-order valence-electron chi connectivity index (χ0n) is 12.9. The van der Waals surface area contributed by atoms with Crippen LogP contribution in [0.15, 0.2) is 12.3 Å². The maximum Gasteiger partial charge on any atom is 0.224 e. The second-order valence-corrected chi connectivity index (χ2v) is 6.64. The first-order valence-corrected chi connectivity index (χ1v) is 8.60. The van der Waals surface area contributed by atoms with Crippen LogP contribution >= 0.6 is 11.3 Å². The predicted molar refractivity (Wildman–Crippen MR) is 90.6 cm³/mol. The molecule has 0 bridgehead atoms. The molecule has 0 amide bonds. The number of hydrogen-bond donors (Lipinski definition) is 3. The summed E-state index contributed by atoms with van der Waals surface area (Å²) in [5, 5.41) is 22.2. The third-order valence-corrected chi connectivity index (χ3v) is 4.51. The second-order valence-electron chi connectivity index (χ2n) is 5.54. The van der Waals surface area contributed by atoms with Gasteiger partial charge in [0.2, 0.25) is 11.1 Å². The maximum absolute atomic E-state index is 9.77. The molecule has 0 spiro atoms. The highest BCUT2D eigenvalue weighted by atomic mass is 32.1. The SMILES string of the molecule is Nc1nnc(CCCNc2nccc(N3CCCC(O)C3)n2)s1. The molecular formula is C14H21N7OS. The van der Waals surface area contributed by atoms with Crippen molar-refractivity contribution in [2.45, 2.75) is 31.8 Å². The highest BCUT2D eigenvalue weighted by molar-refractivity contribution is 7.15. The molecule has 1 saturated heterocycles. The highest BCUT2D eigenvalue weighted by Crippen LogP contribution is 2.18. The number of nitrogens with one attached hydrogen (secondary N) is 1. The molecule has 3 rings (SSSR count). The standard InChI is InChI=1S/C14H21N7OS/c15-13-20-19-12(23-13)4-1-6-16-14-17-7-5-11(18-14)21-8-2-3-10(22)9-21/h5,7,10,22H,1-4,6,8-9H2,(H2,15,20)(H,16,17,18). The van der Waals surface area contributed by atoms with E-state index in [-0.39, 0.29) is 6.10 Å². The smallest absolute Gasteiger partial charge is 0.224 e. The Morgan fingerprint density at radius 2 is 2.35 bits per heavy atom. The minimum absolute atomic E-state index is 0.269. The van der Waals surface area contributed by atoms with Gasteiger partial charge < -0.3 is 21.1 Å². The molecular weight excluding hydrogens is 314 g/mol. The zero-order chi connectivity index (χ0) is 16.1. The number of nitrogens with zero attached hydrogens (tertiary/aromatic N) is 5. The molecule has 1 aliphatic rings. The van der Waals surface area contributed by atoms with Gasteiger partial charge in [-0.15, -0.1) is 10.2 Å². The topological polar surface area (TPSA) is 113 Å². The van der Waals surface area contributed by atoms with E-state index < -0.39 is 0 Å². The van der Waals surface area contributed by atoms with Gasteiger partial charge in [-0.2, -0.15) is 4.98 Å². The minimum atomic E-state index is -0.269. The van der Waals surface area contributed by atoms with Crippen LogP contribution in [-0.4, -0.2) is 51.0 Å². The molecule has 0 aromatic carbocycles. The molecule has 1 unspecified atom stereocenters. The Kier molecular flexibility index (Phi) is 5.19. The average molecular weight is 335 g/mol. The van der Waals surface area contributed by atoms with Crippen LogP contribution in [0.1, 0.15) is 24.3 Å². The van der Waals surface area contributed by atoms with Crippen LogP contribution in [0.2, 0.25) is 0 Å². The Hall–Kier alpha value is -2.00. The first-order valence-electron chi connectivity index (χ1n) is 7.78. The first-order chi connectivity index (χ1) is 11.2. The summed E-state index contributed by atoms with van der Waals surface area (Å²) in [5.41, 5.74) is 5.56. The van der Waals surface area contributed by atoms with Gasteiger partial charge in [0, 0.05) is 32.3 Å². The molecule has 0 radical (unpaired) electrons. The second kappa shape index (κ2) is 7.51. The molecule has 2 aromatic rings. The number of rotatable bonds is 6. The molecule has 124 valence electrons. The van der Waals surface area contributed by atoms with E-state index in [0.717, 1.165) is 49.6 Å². The third-order valence-electron chi connectivity index (χ3n) is 3.69. The van der Waals surface area contributed by atoms with Crippen molar-refractivity contribution in [3.8, 4) is 0 Å². The van der Waals surface area contributed by atoms with Gasteiger partial charge in [-0.25, -0.2) is 4.98 Å². The lowest BCUT2D eigenvalue weighted by atomic mass is 10.1. The molecule has 2 aromatic heterocycles. The summed E-state index contributed by atoms with van der Waals surface area (Å²) in [6.45, 7) is 2.31. The van der Waals surface area contributed by atoms with Crippen molar-refractivity contribution in [3.05, 3.63) is 17.3 Å². The summed E-state index contributed by atoms with van der Waals surface area (Å²) in [7, 11) is 0. The fourth-order valence-electron chi connectivity index (χ4n) is 2.58. The lowest BCUT2D eigenvalue weighted by Gasteiger charge is -2.31. The van der Waals surface area contributed by atoms with Crippen molar-refractivity contribution in [1.82, 2.24) is 20.2 Å². The summed E-state index contributed by atoms with van der Waals surface area (Å²) in [4.78, 5) is 10.9. The number of nitrogen functional groups attached to an aromatic ring is 1. The van der Waals surface area contributed by atoms with E-state index in [1.165, 1.54) is 11.3 Å². The lowest BCUT2D eigenvalue weighted by molar-refractivity contribution is 0.154. The van der Waals surface area contributed by atoms with Crippen LogP contribution in [0, 0.1) is 0 Å². The van der Waals surface area contributed by atoms with Crippen molar-refractivity contribution in [2.24, 2.45) is 0 Å². The van der Waals surface area contributed by atoms with Crippen molar-refractivity contribution >= 4 is 28.2 Å². The first kappa shape index (κ1) is 15.9. The number of aromatic nitrogens is 4. The molecule has 23 heavy (non-hydrogen) atoms. The van der Waals surface area contributed by atoms with E-state index in [2.05, 4.69) is 30.4 Å². The third kappa shape index (κ3) is 4.49. The number of piperidine rings is 1. The van der Waals surface area contributed by atoms with Crippen LogP contribution in [-0.2, 0) is 6.42 Å². The summed E-state index contributed by atoms with van der Waals surface area (Å²) in [6, 6.07) is 1.88. The van der Waals surface area contributed by atoms with Crippen molar-refractivity contribution in [1.29, 1.82) is 0 Å². The Balaban J connectivity index is 1.49. The molecule has 3 heterocycles. The largest absolute Gasteiger partial charge is 0.391 e. The Labute approximate surface area is 138 Å². The van der Waals surface area contributed by atoms with Gasteiger partial charge in [0.15, 0.2) is 0 Å². The van der Waals surface area contributed by atoms with Gasteiger partial charge in [0.25, 0.3) is 0 Å². The van der Waals surface area contributed by atoms with E-state index in [1.807, 2.05) is 6.07 Å². The van der Waals surface area contributed by atoms with E-state index in [4.69, 9.17) is 5.73 Å². The Morgan fingerprint density at radius 1 is 1.43 bits per heavy atom. The monoisotopic (exact) mass is 335 g/mol. The average Bonchev–Trinajstić information content (AvgIpc) is 2.97. The van der Waals surface area contributed by atoms with Crippen LogP contribution < -0.4 is 16.0 Å². The van der Waals surface area contributed by atoms with Gasteiger partial charge in [0.1, 0.15) is 10.8 Å². The summed E-state index contributed by atoms with van der Waals surface area (Å²) in [5.74, 6) is 1.47. The molecule has 8 nitrogen and oxygen atoms in total. The minimum Gasteiger partial charge on any atom is -0.391 e. The van der Waals surface area contributed by atoms with Crippen molar-refractivity contribution in [3.63, 3.8) is 0 Å². The molecule has 4 N–H and O–H groups in total.